The van der Waals surface area contributed by atoms with Gasteiger partial charge < -0.3 is 9.64 Å². The molecule has 0 aliphatic carbocycles. The molecule has 1 aliphatic rings. The number of carbonyl (C=O) groups is 1. The second-order valence-corrected chi connectivity index (χ2v) is 7.16. The molecule has 1 heterocycles. The Hall–Kier alpha value is -2.02. The van der Waals surface area contributed by atoms with E-state index in [4.69, 9.17) is 16.3 Å². The predicted octanol–water partition coefficient (Wildman–Crippen LogP) is 4.59. The van der Waals surface area contributed by atoms with Gasteiger partial charge in [0, 0.05) is 19.2 Å². The molecule has 7 nitrogen and oxygen atoms in total. The largest absolute Gasteiger partial charge is 0.444 e. The second-order valence-electron chi connectivity index (χ2n) is 6.75. The molecule has 8 heteroatoms. The maximum atomic E-state index is 12.0. The molecule has 1 saturated heterocycles. The Morgan fingerprint density at radius 2 is 1.92 bits per heavy atom. The Balaban J connectivity index is 2.32. The Bertz CT molecular complexity index is 637. The van der Waals surface area contributed by atoms with E-state index in [0.717, 1.165) is 32.4 Å². The summed E-state index contributed by atoms with van der Waals surface area (Å²) in [6, 6.07) is 2.83. The van der Waals surface area contributed by atoms with Gasteiger partial charge in [0.2, 0.25) is 0 Å². The van der Waals surface area contributed by atoms with Gasteiger partial charge in [0.25, 0.3) is 5.69 Å². The van der Waals surface area contributed by atoms with Crippen LogP contribution in [0.5, 0.6) is 0 Å². The summed E-state index contributed by atoms with van der Waals surface area (Å²) >= 11 is 6.23. The minimum atomic E-state index is -0.738. The average Bonchev–Trinajstić information content (AvgIpc) is 2.47. The highest BCUT2D eigenvalue weighted by atomic mass is 35.5. The number of ether oxygens (including phenoxy) is 1. The highest BCUT2D eigenvalue weighted by Crippen LogP contribution is 2.37. The van der Waals surface area contributed by atoms with Crippen molar-refractivity contribution in [3.63, 3.8) is 0 Å². The molecule has 24 heavy (non-hydrogen) atoms. The minimum absolute atomic E-state index is 0.0826. The average molecular weight is 356 g/mol. The summed E-state index contributed by atoms with van der Waals surface area (Å²) in [7, 11) is 0. The number of anilines is 2. The van der Waals surface area contributed by atoms with Crippen LogP contribution in [0.1, 0.15) is 40.0 Å². The van der Waals surface area contributed by atoms with E-state index in [1.165, 1.54) is 6.07 Å². The van der Waals surface area contributed by atoms with Crippen LogP contribution in [-0.4, -0.2) is 29.7 Å². The van der Waals surface area contributed by atoms with E-state index in [-0.39, 0.29) is 11.4 Å². The molecule has 1 aromatic rings. The van der Waals surface area contributed by atoms with E-state index < -0.39 is 16.6 Å². The van der Waals surface area contributed by atoms with Gasteiger partial charge >= 0.3 is 6.09 Å². The third-order valence-corrected chi connectivity index (χ3v) is 3.90. The number of halogens is 1. The number of benzene rings is 1. The maximum absolute atomic E-state index is 12.0. The molecule has 1 fully saturated rings. The molecule has 0 aromatic heterocycles. The normalized spacial score (nSPS) is 15.1. The molecule has 1 aliphatic heterocycles. The first-order valence-corrected chi connectivity index (χ1v) is 8.28. The van der Waals surface area contributed by atoms with Gasteiger partial charge in [-0.15, -0.1) is 0 Å². The number of piperidine rings is 1. The van der Waals surface area contributed by atoms with Crippen molar-refractivity contribution in [1.82, 2.24) is 0 Å². The van der Waals surface area contributed by atoms with Crippen LogP contribution in [0.15, 0.2) is 12.1 Å². The number of rotatable bonds is 3. The van der Waals surface area contributed by atoms with Gasteiger partial charge in [0.1, 0.15) is 11.3 Å². The number of hydrogen-bond donors (Lipinski definition) is 1. The lowest BCUT2D eigenvalue weighted by Crippen LogP contribution is -2.30. The third-order valence-electron chi connectivity index (χ3n) is 3.59. The molecule has 1 N–H and O–H groups in total. The zero-order valence-corrected chi connectivity index (χ0v) is 14.9. The van der Waals surface area contributed by atoms with Gasteiger partial charge in [0.05, 0.1) is 15.6 Å². The van der Waals surface area contributed by atoms with Crippen LogP contribution in [0.2, 0.25) is 5.02 Å². The van der Waals surface area contributed by atoms with Crippen molar-refractivity contribution in [2.24, 2.45) is 0 Å². The standard InChI is InChI=1S/C16H22ClN3O4/c1-16(2,3)24-15(21)18-12-10-13(19-7-5-4-6-8-19)11(17)9-14(12)20(22)23/h9-10H,4-8H2,1-3H3,(H,18,21). The molecule has 0 radical (unpaired) electrons. The van der Waals surface area contributed by atoms with Gasteiger partial charge in [-0.25, -0.2) is 4.79 Å². The first kappa shape index (κ1) is 18.3. The van der Waals surface area contributed by atoms with E-state index in [0.29, 0.717) is 10.7 Å². The van der Waals surface area contributed by atoms with Crippen LogP contribution in [-0.2, 0) is 4.74 Å². The van der Waals surface area contributed by atoms with Crippen LogP contribution in [0.25, 0.3) is 0 Å². The van der Waals surface area contributed by atoms with Crippen molar-refractivity contribution in [2.45, 2.75) is 45.6 Å². The quantitative estimate of drug-likeness (QED) is 0.633. The Morgan fingerprint density at radius 3 is 2.46 bits per heavy atom. The fourth-order valence-corrected chi connectivity index (χ4v) is 2.87. The molecule has 1 amide bonds. The summed E-state index contributed by atoms with van der Waals surface area (Å²) < 4.78 is 5.17. The Morgan fingerprint density at radius 1 is 1.29 bits per heavy atom. The van der Waals surface area contributed by atoms with Crippen LogP contribution < -0.4 is 10.2 Å². The van der Waals surface area contributed by atoms with Gasteiger partial charge in [-0.1, -0.05) is 11.6 Å². The monoisotopic (exact) mass is 355 g/mol. The van der Waals surface area contributed by atoms with Crippen LogP contribution in [0.4, 0.5) is 21.9 Å². The van der Waals surface area contributed by atoms with Gasteiger partial charge in [-0.3, -0.25) is 15.4 Å². The smallest absolute Gasteiger partial charge is 0.412 e. The maximum Gasteiger partial charge on any atom is 0.412 e. The molecule has 132 valence electrons. The van der Waals surface area contributed by atoms with Gasteiger partial charge in [-0.05, 0) is 46.1 Å². The van der Waals surface area contributed by atoms with E-state index in [9.17, 15) is 14.9 Å². The number of nitrogens with one attached hydrogen (secondary N) is 1. The van der Waals surface area contributed by atoms with Crippen molar-refractivity contribution < 1.29 is 14.5 Å². The number of nitro groups is 1. The first-order valence-electron chi connectivity index (χ1n) is 7.90. The SMILES string of the molecule is CC(C)(C)OC(=O)Nc1cc(N2CCCCC2)c(Cl)cc1[N+](=O)[O-]. The highest BCUT2D eigenvalue weighted by molar-refractivity contribution is 6.33. The molecule has 0 unspecified atom stereocenters. The lowest BCUT2D eigenvalue weighted by atomic mass is 10.1. The van der Waals surface area contributed by atoms with Crippen LogP contribution >= 0.6 is 11.6 Å². The molecule has 0 atom stereocenters. The third kappa shape index (κ3) is 4.74. The van der Waals surface area contributed by atoms with Crippen LogP contribution in [0, 0.1) is 10.1 Å². The lowest BCUT2D eigenvalue weighted by Gasteiger charge is -2.30. The molecular formula is C16H22ClN3O4. The number of carbonyl (C=O) groups excluding carboxylic acids is 1. The van der Waals surface area contributed by atoms with Crippen molar-refractivity contribution in [2.75, 3.05) is 23.3 Å². The van der Waals surface area contributed by atoms with Crippen molar-refractivity contribution in [3.05, 3.63) is 27.3 Å². The molecule has 0 spiro atoms. The van der Waals surface area contributed by atoms with Crippen molar-refractivity contribution in [1.29, 1.82) is 0 Å². The van der Waals surface area contributed by atoms with E-state index >= 15 is 0 Å². The number of amides is 1. The van der Waals surface area contributed by atoms with Crippen LogP contribution in [0.3, 0.4) is 0 Å². The number of nitro benzene ring substituents is 1. The van der Waals surface area contributed by atoms with E-state index in [2.05, 4.69) is 10.2 Å². The minimum Gasteiger partial charge on any atom is -0.444 e. The topological polar surface area (TPSA) is 84.7 Å². The first-order chi connectivity index (χ1) is 11.2. The molecule has 2 rings (SSSR count). The highest BCUT2D eigenvalue weighted by Gasteiger charge is 2.24. The van der Waals surface area contributed by atoms with Gasteiger partial charge in [-0.2, -0.15) is 0 Å². The predicted molar refractivity (Wildman–Crippen MR) is 94.0 cm³/mol. The fourth-order valence-electron chi connectivity index (χ4n) is 2.59. The molecular weight excluding hydrogens is 334 g/mol. The zero-order chi connectivity index (χ0) is 17.9. The lowest BCUT2D eigenvalue weighted by molar-refractivity contribution is -0.383. The second kappa shape index (κ2) is 7.25. The summed E-state index contributed by atoms with van der Waals surface area (Å²) in [5.74, 6) is 0. The Labute approximate surface area is 146 Å². The molecule has 0 bridgehead atoms. The number of nitrogens with zero attached hydrogens (tertiary/aromatic N) is 2. The Kier molecular flexibility index (Phi) is 5.54. The van der Waals surface area contributed by atoms with Crippen molar-refractivity contribution in [3.8, 4) is 0 Å². The summed E-state index contributed by atoms with van der Waals surface area (Å²) in [6.45, 7) is 6.85. The number of hydrogen-bond acceptors (Lipinski definition) is 5. The van der Waals surface area contributed by atoms with E-state index in [1.807, 2.05) is 0 Å². The molecule has 1 aromatic carbocycles. The fraction of sp³-hybridized carbons (Fsp3) is 0.562. The summed E-state index contributed by atoms with van der Waals surface area (Å²) in [5.41, 5.74) is -0.181. The zero-order valence-electron chi connectivity index (χ0n) is 14.1. The van der Waals surface area contributed by atoms with Crippen molar-refractivity contribution >= 4 is 34.8 Å². The summed E-state index contributed by atoms with van der Waals surface area (Å²) in [6.07, 6.45) is 2.51. The summed E-state index contributed by atoms with van der Waals surface area (Å²) in [5, 5.41) is 14.0. The summed E-state index contributed by atoms with van der Waals surface area (Å²) in [4.78, 5) is 24.8. The van der Waals surface area contributed by atoms with E-state index in [1.54, 1.807) is 26.8 Å². The van der Waals surface area contributed by atoms with Gasteiger partial charge in [0.15, 0.2) is 0 Å². The molecule has 0 saturated carbocycles.